The van der Waals surface area contributed by atoms with Crippen molar-refractivity contribution in [2.75, 3.05) is 0 Å². The number of tetrazole rings is 1. The molecule has 0 aliphatic heterocycles. The molecule has 0 amide bonds. The molecule has 0 fully saturated rings. The maximum atomic E-state index is 13.7. The van der Waals surface area contributed by atoms with E-state index >= 15 is 0 Å². The number of H-pyrrole nitrogens is 1. The van der Waals surface area contributed by atoms with Crippen LogP contribution in [0.2, 0.25) is 0 Å². The summed E-state index contributed by atoms with van der Waals surface area (Å²) in [6.45, 7) is 4.74. The first-order chi connectivity index (χ1) is 17.6. The average molecular weight is 544 g/mol. The topological polar surface area (TPSA) is 89.4 Å². The van der Waals surface area contributed by atoms with Crippen LogP contribution in [0.4, 0.5) is 0 Å². The molecule has 0 bridgehead atoms. The number of aromatic amines is 1. The molecule has 5 aromatic rings. The Kier molecular flexibility index (Phi) is 7.35. The first-order valence-corrected chi connectivity index (χ1v) is 14.0. The van der Waals surface area contributed by atoms with Crippen LogP contribution >= 0.6 is 0 Å². The summed E-state index contributed by atoms with van der Waals surface area (Å²) in [4.78, 5) is 20.8. The van der Waals surface area contributed by atoms with E-state index in [4.69, 9.17) is 4.98 Å². The SMILES string of the molecule is CCCCc1nc(C)n(Cc2ccc[se]2)c(=O)c1Cc1ccc(-c2ccccc2-c2nn[nH]n2)cc1. The molecule has 1 N–H and O–H groups in total. The van der Waals surface area contributed by atoms with Gasteiger partial charge in [-0.15, -0.1) is 10.2 Å². The molecule has 2 aromatic carbocycles. The number of nitrogens with one attached hydrogen (secondary N) is 1. The first-order valence-electron chi connectivity index (χ1n) is 12.2. The van der Waals surface area contributed by atoms with Crippen LogP contribution in [0, 0.1) is 6.92 Å². The van der Waals surface area contributed by atoms with E-state index in [1.165, 1.54) is 4.44 Å². The third kappa shape index (κ3) is 5.15. The molecule has 36 heavy (non-hydrogen) atoms. The van der Waals surface area contributed by atoms with Gasteiger partial charge in [0.05, 0.1) is 0 Å². The number of hydrogen-bond acceptors (Lipinski definition) is 5. The molecule has 7 nitrogen and oxygen atoms in total. The van der Waals surface area contributed by atoms with Gasteiger partial charge in [0.15, 0.2) is 0 Å². The van der Waals surface area contributed by atoms with E-state index in [9.17, 15) is 4.79 Å². The molecule has 5 rings (SSSR count). The summed E-state index contributed by atoms with van der Waals surface area (Å²) in [5.41, 5.74) is 5.95. The van der Waals surface area contributed by atoms with E-state index in [1.807, 2.05) is 29.7 Å². The minimum absolute atomic E-state index is 0.0868. The number of rotatable bonds is 9. The molecular formula is C28H28N6OSe. The molecule has 0 saturated heterocycles. The molecule has 0 spiro atoms. The van der Waals surface area contributed by atoms with Gasteiger partial charge in [0, 0.05) is 0 Å². The fourth-order valence-corrected chi connectivity index (χ4v) is 5.90. The van der Waals surface area contributed by atoms with Gasteiger partial charge in [-0.1, -0.05) is 18.2 Å². The zero-order valence-electron chi connectivity index (χ0n) is 20.4. The molecule has 0 saturated carbocycles. The van der Waals surface area contributed by atoms with Crippen molar-refractivity contribution in [1.29, 1.82) is 0 Å². The van der Waals surface area contributed by atoms with Gasteiger partial charge < -0.3 is 0 Å². The Balaban J connectivity index is 1.47. The zero-order chi connectivity index (χ0) is 24.9. The summed E-state index contributed by atoms with van der Waals surface area (Å²) in [6.07, 6.45) is 3.49. The summed E-state index contributed by atoms with van der Waals surface area (Å²) in [6, 6.07) is 20.6. The second kappa shape index (κ2) is 11.0. The van der Waals surface area contributed by atoms with Gasteiger partial charge in [-0.05, 0) is 5.21 Å². The molecule has 8 heteroatoms. The van der Waals surface area contributed by atoms with E-state index < -0.39 is 0 Å². The number of unbranched alkanes of at least 4 members (excludes halogenated alkanes) is 1. The Bertz CT molecular complexity index is 1490. The van der Waals surface area contributed by atoms with Crippen molar-refractivity contribution >= 4 is 14.5 Å². The van der Waals surface area contributed by atoms with E-state index in [0.29, 0.717) is 33.3 Å². The van der Waals surface area contributed by atoms with Crippen molar-refractivity contribution in [3.05, 3.63) is 103 Å². The van der Waals surface area contributed by atoms with Crippen LogP contribution in [-0.2, 0) is 19.4 Å². The molecule has 3 heterocycles. The Morgan fingerprint density at radius 3 is 2.50 bits per heavy atom. The predicted molar refractivity (Wildman–Crippen MR) is 142 cm³/mol. The van der Waals surface area contributed by atoms with E-state index in [2.05, 4.69) is 75.0 Å². The molecule has 0 radical (unpaired) electrons. The number of nitrogens with zero attached hydrogens (tertiary/aromatic N) is 5. The minimum atomic E-state index is 0.0868. The summed E-state index contributed by atoms with van der Waals surface area (Å²) in [7, 11) is 0. The van der Waals surface area contributed by atoms with Gasteiger partial charge in [0.25, 0.3) is 0 Å². The van der Waals surface area contributed by atoms with Crippen LogP contribution in [0.3, 0.4) is 0 Å². The van der Waals surface area contributed by atoms with Crippen molar-refractivity contribution in [3.8, 4) is 22.5 Å². The van der Waals surface area contributed by atoms with Gasteiger partial charge in [-0.3, -0.25) is 0 Å². The normalized spacial score (nSPS) is 11.2. The van der Waals surface area contributed by atoms with Gasteiger partial charge >= 0.3 is 172 Å². The Labute approximate surface area is 216 Å². The fourth-order valence-electron chi connectivity index (χ4n) is 4.44. The summed E-state index contributed by atoms with van der Waals surface area (Å²) in [5.74, 6) is 1.36. The number of aromatic nitrogens is 6. The van der Waals surface area contributed by atoms with Crippen molar-refractivity contribution in [1.82, 2.24) is 30.2 Å². The number of hydrogen-bond donors (Lipinski definition) is 1. The van der Waals surface area contributed by atoms with Gasteiger partial charge in [-0.2, -0.15) is 5.21 Å². The monoisotopic (exact) mass is 544 g/mol. The maximum absolute atomic E-state index is 13.7. The third-order valence-electron chi connectivity index (χ3n) is 6.36. The van der Waals surface area contributed by atoms with Crippen LogP contribution < -0.4 is 5.56 Å². The van der Waals surface area contributed by atoms with Gasteiger partial charge in [-0.25, -0.2) is 0 Å². The number of aryl methyl sites for hydroxylation is 2. The number of benzene rings is 2. The molecule has 0 unspecified atom stereocenters. The second-order valence-electron chi connectivity index (χ2n) is 8.81. The van der Waals surface area contributed by atoms with E-state index in [0.717, 1.165) is 58.6 Å². The standard InChI is InChI=1S/C28H28N6OSe/c1-3-4-11-26-25(28(35)34(19(2)29-26)18-22-8-7-16-36-22)17-20-12-14-21(15-13-20)23-9-5-6-10-24(23)27-30-32-33-31-27/h5-10,12-16H,3-4,11,17-18H2,1-2H3,(H,30,31,32,33). The molecule has 0 aliphatic rings. The molecule has 3 aromatic heterocycles. The van der Waals surface area contributed by atoms with Crippen molar-refractivity contribution in [3.63, 3.8) is 0 Å². The quantitative estimate of drug-likeness (QED) is 0.278. The molecule has 182 valence electrons. The van der Waals surface area contributed by atoms with Crippen LogP contribution in [0.15, 0.2) is 70.4 Å². The van der Waals surface area contributed by atoms with Gasteiger partial charge in [0.2, 0.25) is 5.82 Å². The zero-order valence-corrected chi connectivity index (χ0v) is 22.2. The molecule has 0 atom stereocenters. The van der Waals surface area contributed by atoms with Crippen LogP contribution in [0.5, 0.6) is 0 Å². The van der Waals surface area contributed by atoms with Gasteiger partial charge in [0.1, 0.15) is 0 Å². The van der Waals surface area contributed by atoms with E-state index in [-0.39, 0.29) is 5.56 Å². The van der Waals surface area contributed by atoms with Crippen molar-refractivity contribution in [2.45, 2.75) is 46.1 Å². The van der Waals surface area contributed by atoms with Crippen molar-refractivity contribution < 1.29 is 0 Å². The Morgan fingerprint density at radius 2 is 1.81 bits per heavy atom. The Hall–Kier alpha value is -3.61. The summed E-state index contributed by atoms with van der Waals surface area (Å²) in [5, 5.41) is 14.5. The Morgan fingerprint density at radius 1 is 1.00 bits per heavy atom. The molecule has 0 aliphatic carbocycles. The predicted octanol–water partition coefficient (Wildman–Crippen LogP) is 4.44. The third-order valence-corrected chi connectivity index (χ3v) is 8.17. The van der Waals surface area contributed by atoms with Crippen LogP contribution in [0.1, 0.15) is 46.8 Å². The molecular weight excluding hydrogens is 515 g/mol. The average Bonchev–Trinajstić information content (AvgIpc) is 3.62. The first kappa shape index (κ1) is 24.1. The summed E-state index contributed by atoms with van der Waals surface area (Å²) >= 11 is 0.320. The van der Waals surface area contributed by atoms with Crippen LogP contribution in [-0.4, -0.2) is 44.7 Å². The summed E-state index contributed by atoms with van der Waals surface area (Å²) < 4.78 is 3.15. The van der Waals surface area contributed by atoms with E-state index in [1.54, 1.807) is 0 Å². The second-order valence-corrected chi connectivity index (χ2v) is 11.0. The van der Waals surface area contributed by atoms with Crippen molar-refractivity contribution in [2.24, 2.45) is 0 Å². The van der Waals surface area contributed by atoms with Crippen LogP contribution in [0.25, 0.3) is 22.5 Å². The fraction of sp³-hybridized carbons (Fsp3) is 0.250.